The van der Waals surface area contributed by atoms with Gasteiger partial charge >= 0.3 is 5.97 Å². The van der Waals surface area contributed by atoms with Crippen LogP contribution >= 0.6 is 0 Å². The van der Waals surface area contributed by atoms with Crippen LogP contribution < -0.4 is 15.8 Å². The number of amides is 1. The van der Waals surface area contributed by atoms with E-state index in [1.807, 2.05) is 0 Å². The van der Waals surface area contributed by atoms with Gasteiger partial charge in [0.1, 0.15) is 11.3 Å². The second-order valence-corrected chi connectivity index (χ2v) is 4.63. The zero-order valence-corrected chi connectivity index (χ0v) is 11.0. The van der Waals surface area contributed by atoms with Gasteiger partial charge in [-0.25, -0.2) is 4.79 Å². The summed E-state index contributed by atoms with van der Waals surface area (Å²) in [4.78, 5) is 23.1. The number of benzene rings is 1. The van der Waals surface area contributed by atoms with E-state index in [-0.39, 0.29) is 17.9 Å². The van der Waals surface area contributed by atoms with Gasteiger partial charge in [-0.1, -0.05) is 0 Å². The second-order valence-electron chi connectivity index (χ2n) is 4.63. The molecule has 1 unspecified atom stereocenters. The molecule has 2 rings (SSSR count). The minimum atomic E-state index is -1.09. The van der Waals surface area contributed by atoms with Crippen LogP contribution in [0.15, 0.2) is 18.2 Å². The van der Waals surface area contributed by atoms with E-state index in [1.165, 1.54) is 25.3 Å². The van der Waals surface area contributed by atoms with Crippen molar-refractivity contribution in [2.45, 2.75) is 12.0 Å². The molecule has 0 saturated carbocycles. The summed E-state index contributed by atoms with van der Waals surface area (Å²) in [5, 5.41) is 11.6. The number of carboxylic acid groups (broad SMARTS) is 1. The Morgan fingerprint density at radius 3 is 2.80 bits per heavy atom. The number of aromatic carboxylic acids is 1. The standard InChI is InChI=1S/C13H16N2O5/c1-19-10-3-2-8(11(16)17)6-9(10)15-12(18)13(14)4-5-20-7-13/h2-3,6H,4-5,7,14H2,1H3,(H,15,18)(H,16,17). The summed E-state index contributed by atoms with van der Waals surface area (Å²) in [6, 6.07) is 4.21. The van der Waals surface area contributed by atoms with Crippen molar-refractivity contribution in [3.8, 4) is 5.75 Å². The van der Waals surface area contributed by atoms with Crippen LogP contribution in [-0.4, -0.2) is 42.8 Å². The molecular weight excluding hydrogens is 264 g/mol. The number of hydrogen-bond donors (Lipinski definition) is 3. The fraction of sp³-hybridized carbons (Fsp3) is 0.385. The van der Waals surface area contributed by atoms with Crippen molar-refractivity contribution in [2.24, 2.45) is 5.73 Å². The third-order valence-corrected chi connectivity index (χ3v) is 3.20. The summed E-state index contributed by atoms with van der Waals surface area (Å²) in [5.41, 5.74) is 5.18. The third-order valence-electron chi connectivity index (χ3n) is 3.20. The van der Waals surface area contributed by atoms with E-state index in [4.69, 9.17) is 20.3 Å². The number of anilines is 1. The van der Waals surface area contributed by atoms with E-state index in [9.17, 15) is 9.59 Å². The van der Waals surface area contributed by atoms with Crippen molar-refractivity contribution in [1.82, 2.24) is 0 Å². The first-order valence-electron chi connectivity index (χ1n) is 6.06. The van der Waals surface area contributed by atoms with E-state index in [1.54, 1.807) is 0 Å². The Morgan fingerprint density at radius 1 is 1.50 bits per heavy atom. The van der Waals surface area contributed by atoms with Crippen LogP contribution in [0.2, 0.25) is 0 Å². The Bertz CT molecular complexity index is 538. The number of carboxylic acids is 1. The second kappa shape index (κ2) is 5.48. The first kappa shape index (κ1) is 14.3. The molecular formula is C13H16N2O5. The van der Waals surface area contributed by atoms with Crippen LogP contribution in [0.5, 0.6) is 5.75 Å². The Hall–Kier alpha value is -2.12. The highest BCUT2D eigenvalue weighted by Gasteiger charge is 2.38. The summed E-state index contributed by atoms with van der Waals surface area (Å²) < 4.78 is 10.2. The normalized spacial score (nSPS) is 21.5. The SMILES string of the molecule is COc1ccc(C(=O)O)cc1NC(=O)C1(N)CCOC1. The molecule has 1 aromatic rings. The third kappa shape index (κ3) is 2.73. The van der Waals surface area contributed by atoms with Gasteiger partial charge in [0.25, 0.3) is 0 Å². The number of carbonyl (C=O) groups excluding carboxylic acids is 1. The molecule has 1 aromatic carbocycles. The van der Waals surface area contributed by atoms with Crippen LogP contribution in [0.3, 0.4) is 0 Å². The number of nitrogens with one attached hydrogen (secondary N) is 1. The molecule has 7 heteroatoms. The molecule has 1 saturated heterocycles. The Labute approximate surface area is 115 Å². The quantitative estimate of drug-likeness (QED) is 0.738. The number of methoxy groups -OCH3 is 1. The van der Waals surface area contributed by atoms with E-state index in [0.29, 0.717) is 18.8 Å². The molecule has 1 heterocycles. The minimum absolute atomic E-state index is 0.0508. The van der Waals surface area contributed by atoms with Gasteiger partial charge in [0, 0.05) is 6.61 Å². The summed E-state index contributed by atoms with van der Waals surface area (Å²) in [6.45, 7) is 0.565. The number of hydrogen-bond acceptors (Lipinski definition) is 5. The molecule has 0 aromatic heterocycles. The lowest BCUT2D eigenvalue weighted by molar-refractivity contribution is -0.121. The van der Waals surface area contributed by atoms with Crippen LogP contribution in [0.25, 0.3) is 0 Å². The van der Waals surface area contributed by atoms with Crippen molar-refractivity contribution >= 4 is 17.6 Å². The highest BCUT2D eigenvalue weighted by atomic mass is 16.5. The van der Waals surface area contributed by atoms with Crippen molar-refractivity contribution in [3.63, 3.8) is 0 Å². The molecule has 1 amide bonds. The topological polar surface area (TPSA) is 111 Å². The molecule has 1 fully saturated rings. The summed E-state index contributed by atoms with van der Waals surface area (Å²) in [7, 11) is 1.43. The van der Waals surface area contributed by atoms with Crippen LogP contribution in [0, 0.1) is 0 Å². The molecule has 108 valence electrons. The molecule has 20 heavy (non-hydrogen) atoms. The van der Waals surface area contributed by atoms with E-state index in [0.717, 1.165) is 0 Å². The molecule has 7 nitrogen and oxygen atoms in total. The largest absolute Gasteiger partial charge is 0.495 e. The average molecular weight is 280 g/mol. The lowest BCUT2D eigenvalue weighted by atomic mass is 9.99. The number of rotatable bonds is 4. The Kier molecular flexibility index (Phi) is 3.91. The Morgan fingerprint density at radius 2 is 2.25 bits per heavy atom. The van der Waals surface area contributed by atoms with Crippen molar-refractivity contribution in [1.29, 1.82) is 0 Å². The summed E-state index contributed by atoms with van der Waals surface area (Å²) in [5.74, 6) is -1.14. The monoisotopic (exact) mass is 280 g/mol. The maximum Gasteiger partial charge on any atom is 0.335 e. The van der Waals surface area contributed by atoms with Crippen molar-refractivity contribution in [3.05, 3.63) is 23.8 Å². The highest BCUT2D eigenvalue weighted by Crippen LogP contribution is 2.27. The van der Waals surface area contributed by atoms with Gasteiger partial charge in [-0.05, 0) is 24.6 Å². The lowest BCUT2D eigenvalue weighted by Gasteiger charge is -2.21. The molecule has 4 N–H and O–H groups in total. The summed E-state index contributed by atoms with van der Waals surface area (Å²) >= 11 is 0. The van der Waals surface area contributed by atoms with Crippen molar-refractivity contribution in [2.75, 3.05) is 25.6 Å². The zero-order valence-electron chi connectivity index (χ0n) is 11.0. The molecule has 1 atom stereocenters. The minimum Gasteiger partial charge on any atom is -0.495 e. The fourth-order valence-electron chi connectivity index (χ4n) is 1.95. The first-order chi connectivity index (χ1) is 9.46. The zero-order chi connectivity index (χ0) is 14.8. The van der Waals surface area contributed by atoms with Gasteiger partial charge in [0.15, 0.2) is 0 Å². The van der Waals surface area contributed by atoms with Gasteiger partial charge in [-0.3, -0.25) is 4.79 Å². The van der Waals surface area contributed by atoms with Crippen molar-refractivity contribution < 1.29 is 24.2 Å². The Balaban J connectivity index is 2.25. The first-order valence-corrected chi connectivity index (χ1v) is 6.06. The number of carbonyl (C=O) groups is 2. The smallest absolute Gasteiger partial charge is 0.335 e. The van der Waals surface area contributed by atoms with Gasteiger partial charge < -0.3 is 25.6 Å². The van der Waals surface area contributed by atoms with E-state index in [2.05, 4.69) is 5.32 Å². The molecule has 0 spiro atoms. The predicted molar refractivity (Wildman–Crippen MR) is 70.9 cm³/mol. The summed E-state index contributed by atoms with van der Waals surface area (Å²) in [6.07, 6.45) is 0.416. The highest BCUT2D eigenvalue weighted by molar-refractivity contribution is 6.00. The number of nitrogens with two attached hydrogens (primary N) is 1. The molecule has 0 aliphatic carbocycles. The molecule has 1 aliphatic rings. The van der Waals surface area contributed by atoms with E-state index < -0.39 is 17.4 Å². The predicted octanol–water partition coefficient (Wildman–Crippen LogP) is 0.450. The number of ether oxygens (including phenoxy) is 2. The van der Waals surface area contributed by atoms with Gasteiger partial charge in [-0.15, -0.1) is 0 Å². The molecule has 0 bridgehead atoms. The maximum atomic E-state index is 12.2. The average Bonchev–Trinajstić information content (AvgIpc) is 2.87. The maximum absolute atomic E-state index is 12.2. The molecule has 0 radical (unpaired) electrons. The van der Waals surface area contributed by atoms with Crippen LogP contribution in [-0.2, 0) is 9.53 Å². The lowest BCUT2D eigenvalue weighted by Crippen LogP contribution is -2.51. The van der Waals surface area contributed by atoms with Gasteiger partial charge in [0.2, 0.25) is 5.91 Å². The van der Waals surface area contributed by atoms with Gasteiger partial charge in [0.05, 0.1) is 25.0 Å². The fourth-order valence-corrected chi connectivity index (χ4v) is 1.95. The molecule has 1 aliphatic heterocycles. The van der Waals surface area contributed by atoms with Crippen LogP contribution in [0.1, 0.15) is 16.8 Å². The van der Waals surface area contributed by atoms with Gasteiger partial charge in [-0.2, -0.15) is 0 Å². The van der Waals surface area contributed by atoms with E-state index >= 15 is 0 Å². The van der Waals surface area contributed by atoms with Crippen LogP contribution in [0.4, 0.5) is 5.69 Å².